The molecule has 0 aliphatic rings. The van der Waals surface area contributed by atoms with Crippen LogP contribution in [0, 0.1) is 0 Å². The van der Waals surface area contributed by atoms with E-state index in [2.05, 4.69) is 13.8 Å². The monoisotopic (exact) mass is 518 g/mol. The fraction of sp³-hybridized carbons (Fsp3) is 0.194. The highest BCUT2D eigenvalue weighted by atomic mass is 35.5. The fourth-order valence-corrected chi connectivity index (χ4v) is 4.38. The SMILES string of the molecule is CC(Cc1ccc(Cl)cc1)c1ccc(OC(=O)Oc2ccc(C(C)Cc3ccc(Cl)cc3)cc2)cc1. The number of carbonyl (C=O) groups is 1. The van der Waals surface area contributed by atoms with Crippen molar-refractivity contribution in [2.45, 2.75) is 38.5 Å². The van der Waals surface area contributed by atoms with Gasteiger partial charge in [-0.2, -0.15) is 0 Å². The van der Waals surface area contributed by atoms with E-state index in [0.717, 1.165) is 34.0 Å². The van der Waals surface area contributed by atoms with Crippen molar-refractivity contribution in [2.24, 2.45) is 0 Å². The van der Waals surface area contributed by atoms with E-state index in [0.29, 0.717) is 23.3 Å². The molecule has 36 heavy (non-hydrogen) atoms. The molecule has 0 fully saturated rings. The number of hydrogen-bond acceptors (Lipinski definition) is 3. The number of benzene rings is 4. The molecule has 2 unspecified atom stereocenters. The molecule has 5 heteroatoms. The Morgan fingerprint density at radius 1 is 0.583 bits per heavy atom. The molecule has 4 rings (SSSR count). The Bertz CT molecular complexity index is 1160. The maximum atomic E-state index is 12.3. The van der Waals surface area contributed by atoms with Gasteiger partial charge in [0, 0.05) is 10.0 Å². The fourth-order valence-electron chi connectivity index (χ4n) is 4.13. The Morgan fingerprint density at radius 2 is 0.917 bits per heavy atom. The summed E-state index contributed by atoms with van der Waals surface area (Å²) in [5, 5.41) is 1.47. The topological polar surface area (TPSA) is 35.5 Å². The lowest BCUT2D eigenvalue weighted by atomic mass is 9.94. The second kappa shape index (κ2) is 12.1. The van der Waals surface area contributed by atoms with Gasteiger partial charge in [0.05, 0.1) is 0 Å². The van der Waals surface area contributed by atoms with Crippen molar-refractivity contribution in [1.29, 1.82) is 0 Å². The van der Waals surface area contributed by atoms with Crippen LogP contribution in [0.1, 0.15) is 47.9 Å². The molecule has 0 amide bonds. The van der Waals surface area contributed by atoms with Crippen LogP contribution in [0.3, 0.4) is 0 Å². The largest absolute Gasteiger partial charge is 0.519 e. The molecule has 0 spiro atoms. The second-order valence-corrected chi connectivity index (χ2v) is 9.93. The molecule has 0 saturated carbocycles. The summed E-state index contributed by atoms with van der Waals surface area (Å²) in [5.41, 5.74) is 4.77. The number of ether oxygens (including phenoxy) is 2. The molecule has 0 saturated heterocycles. The lowest BCUT2D eigenvalue weighted by Crippen LogP contribution is -2.13. The van der Waals surface area contributed by atoms with Gasteiger partial charge < -0.3 is 9.47 Å². The van der Waals surface area contributed by atoms with E-state index in [1.165, 1.54) is 11.1 Å². The van der Waals surface area contributed by atoms with E-state index < -0.39 is 6.16 Å². The minimum absolute atomic E-state index is 0.313. The molecule has 4 aromatic rings. The molecule has 3 nitrogen and oxygen atoms in total. The second-order valence-electron chi connectivity index (χ2n) is 9.06. The van der Waals surface area contributed by atoms with E-state index in [4.69, 9.17) is 32.7 Å². The van der Waals surface area contributed by atoms with Crippen LogP contribution in [-0.2, 0) is 12.8 Å². The Kier molecular flexibility index (Phi) is 8.69. The Balaban J connectivity index is 1.28. The van der Waals surface area contributed by atoms with E-state index in [1.807, 2.05) is 72.8 Å². The summed E-state index contributed by atoms with van der Waals surface area (Å²) in [7, 11) is 0. The third-order valence-electron chi connectivity index (χ3n) is 6.21. The predicted molar refractivity (Wildman–Crippen MR) is 147 cm³/mol. The molecule has 0 bridgehead atoms. The Morgan fingerprint density at radius 3 is 1.25 bits per heavy atom. The van der Waals surface area contributed by atoms with Crippen molar-refractivity contribution in [3.8, 4) is 11.5 Å². The third kappa shape index (κ3) is 7.36. The lowest BCUT2D eigenvalue weighted by molar-refractivity contribution is 0.152. The van der Waals surface area contributed by atoms with Crippen LogP contribution in [0.4, 0.5) is 4.79 Å². The third-order valence-corrected chi connectivity index (χ3v) is 6.71. The van der Waals surface area contributed by atoms with Crippen LogP contribution in [0.2, 0.25) is 10.0 Å². The van der Waals surface area contributed by atoms with Gasteiger partial charge in [-0.15, -0.1) is 0 Å². The summed E-state index contributed by atoms with van der Waals surface area (Å²) in [6.45, 7) is 4.33. The van der Waals surface area contributed by atoms with Gasteiger partial charge in [0.2, 0.25) is 0 Å². The summed E-state index contributed by atoms with van der Waals surface area (Å²) in [4.78, 5) is 12.3. The average Bonchev–Trinajstić information content (AvgIpc) is 2.87. The van der Waals surface area contributed by atoms with Gasteiger partial charge in [-0.05, 0) is 95.5 Å². The van der Waals surface area contributed by atoms with Gasteiger partial charge >= 0.3 is 6.16 Å². The summed E-state index contributed by atoms with van der Waals surface area (Å²) in [5.74, 6) is 1.51. The van der Waals surface area contributed by atoms with Gasteiger partial charge in [0.25, 0.3) is 0 Å². The molecule has 0 aliphatic heterocycles. The molecular weight excluding hydrogens is 491 g/mol. The highest BCUT2D eigenvalue weighted by molar-refractivity contribution is 6.30. The molecule has 4 aromatic carbocycles. The molecule has 2 atom stereocenters. The molecule has 0 aromatic heterocycles. The molecule has 0 aliphatic carbocycles. The number of carbonyl (C=O) groups excluding carboxylic acids is 1. The minimum atomic E-state index is -0.765. The Hall–Kier alpha value is -3.27. The molecule has 184 valence electrons. The highest BCUT2D eigenvalue weighted by Gasteiger charge is 2.12. The molecule has 0 radical (unpaired) electrons. The van der Waals surface area contributed by atoms with Crippen LogP contribution in [0.5, 0.6) is 11.5 Å². The van der Waals surface area contributed by atoms with E-state index in [-0.39, 0.29) is 0 Å². The van der Waals surface area contributed by atoms with Crippen LogP contribution in [0.15, 0.2) is 97.1 Å². The highest BCUT2D eigenvalue weighted by Crippen LogP contribution is 2.26. The zero-order valence-electron chi connectivity index (χ0n) is 20.3. The zero-order valence-corrected chi connectivity index (χ0v) is 21.8. The first-order valence-electron chi connectivity index (χ1n) is 11.9. The van der Waals surface area contributed by atoms with Crippen molar-refractivity contribution in [3.63, 3.8) is 0 Å². The quantitative estimate of drug-likeness (QED) is 0.172. The maximum Gasteiger partial charge on any atom is 0.519 e. The van der Waals surface area contributed by atoms with Crippen molar-refractivity contribution < 1.29 is 14.3 Å². The van der Waals surface area contributed by atoms with Gasteiger partial charge in [0.15, 0.2) is 0 Å². The van der Waals surface area contributed by atoms with Gasteiger partial charge in [-0.1, -0.05) is 85.6 Å². The Labute approximate surface area is 222 Å². The smallest absolute Gasteiger partial charge is 0.395 e. The summed E-state index contributed by atoms with van der Waals surface area (Å²) < 4.78 is 10.7. The summed E-state index contributed by atoms with van der Waals surface area (Å²) in [6.07, 6.45) is 1.03. The van der Waals surface area contributed by atoms with Gasteiger partial charge in [0.1, 0.15) is 11.5 Å². The number of hydrogen-bond donors (Lipinski definition) is 0. The van der Waals surface area contributed by atoms with Crippen molar-refractivity contribution in [3.05, 3.63) is 129 Å². The van der Waals surface area contributed by atoms with Crippen LogP contribution in [-0.4, -0.2) is 6.16 Å². The van der Waals surface area contributed by atoms with Crippen molar-refractivity contribution in [1.82, 2.24) is 0 Å². The van der Waals surface area contributed by atoms with E-state index >= 15 is 0 Å². The van der Waals surface area contributed by atoms with Crippen LogP contribution in [0.25, 0.3) is 0 Å². The van der Waals surface area contributed by atoms with Gasteiger partial charge in [-0.25, -0.2) is 4.79 Å². The van der Waals surface area contributed by atoms with Crippen molar-refractivity contribution in [2.75, 3.05) is 0 Å². The first kappa shape index (κ1) is 25.8. The standard InChI is InChI=1S/C31H28Cl2O3/c1-21(19-23-3-11-27(32)12-4-23)25-7-15-29(16-8-25)35-31(34)36-30-17-9-26(10-18-30)22(2)20-24-5-13-28(33)14-6-24/h3-18,21-22H,19-20H2,1-2H3. The van der Waals surface area contributed by atoms with E-state index in [9.17, 15) is 4.79 Å². The van der Waals surface area contributed by atoms with Gasteiger partial charge in [-0.3, -0.25) is 0 Å². The van der Waals surface area contributed by atoms with Crippen LogP contribution >= 0.6 is 23.2 Å². The maximum absolute atomic E-state index is 12.3. The predicted octanol–water partition coefficient (Wildman–Crippen LogP) is 9.26. The first-order valence-corrected chi connectivity index (χ1v) is 12.7. The lowest BCUT2D eigenvalue weighted by Gasteiger charge is -2.14. The number of halogens is 2. The van der Waals surface area contributed by atoms with E-state index in [1.54, 1.807) is 24.3 Å². The first-order chi connectivity index (χ1) is 17.4. The molecule has 0 heterocycles. The van der Waals surface area contributed by atoms with Crippen LogP contribution < -0.4 is 9.47 Å². The minimum Gasteiger partial charge on any atom is -0.395 e. The summed E-state index contributed by atoms with van der Waals surface area (Å²) >= 11 is 11.9. The molecular formula is C31H28Cl2O3. The number of rotatable bonds is 8. The van der Waals surface area contributed by atoms with Crippen molar-refractivity contribution >= 4 is 29.4 Å². The molecule has 0 N–H and O–H groups in total. The average molecular weight is 519 g/mol. The zero-order chi connectivity index (χ0) is 25.5. The summed E-state index contributed by atoms with van der Waals surface area (Å²) in [6, 6.07) is 30.8. The normalized spacial score (nSPS) is 12.6.